The summed E-state index contributed by atoms with van der Waals surface area (Å²) in [6.07, 6.45) is 0.771. The van der Waals surface area contributed by atoms with Crippen LogP contribution in [-0.2, 0) is 14.3 Å². The molecule has 0 aromatic rings. The summed E-state index contributed by atoms with van der Waals surface area (Å²) in [5.74, 6) is 0.0446. The van der Waals surface area contributed by atoms with Gasteiger partial charge in [0.05, 0.1) is 18.6 Å². The zero-order valence-corrected chi connectivity index (χ0v) is 13.0. The largest absolute Gasteiger partial charge is 0.381 e. The average Bonchev–Trinajstić information content (AvgIpc) is 2.42. The highest BCUT2D eigenvalue weighted by Gasteiger charge is 2.31. The third kappa shape index (κ3) is 8.48. The Balaban J connectivity index is -0.000000809. The predicted molar refractivity (Wildman–Crippen MR) is 77.9 cm³/mol. The van der Waals surface area contributed by atoms with E-state index in [-0.39, 0.29) is 7.33 Å². The van der Waals surface area contributed by atoms with Gasteiger partial charge in [-0.1, -0.05) is 20.8 Å². The maximum Gasteiger partial charge on any atom is 0.228 e. The fourth-order valence-electron chi connectivity index (χ4n) is 1.25. The molecule has 0 aliphatic heterocycles. The number of carbonyl (C=O) groups excluding carboxylic acids is 1. The fraction of sp³-hybridized carbons (Fsp3) is 0.929. The van der Waals surface area contributed by atoms with Crippen molar-refractivity contribution in [3.8, 4) is 0 Å². The summed E-state index contributed by atoms with van der Waals surface area (Å²) >= 11 is 0. The molecular weight excluding hydrogens is 230 g/mol. The topological polar surface area (TPSA) is 47.6 Å². The van der Waals surface area contributed by atoms with Crippen LogP contribution in [0.5, 0.6) is 0 Å². The molecule has 0 spiro atoms. The van der Waals surface area contributed by atoms with Gasteiger partial charge in [-0.05, 0) is 27.2 Å². The Hall–Kier alpha value is -0.610. The van der Waals surface area contributed by atoms with Gasteiger partial charge in [-0.15, -0.1) is 0 Å². The summed E-state index contributed by atoms with van der Waals surface area (Å²) in [6.45, 7) is 14.7. The van der Waals surface area contributed by atoms with Crippen LogP contribution >= 0.6 is 0 Å². The van der Waals surface area contributed by atoms with Crippen LogP contribution in [0.15, 0.2) is 0 Å². The van der Waals surface area contributed by atoms with Gasteiger partial charge in [-0.3, -0.25) is 4.79 Å². The maximum atomic E-state index is 11.9. The quantitative estimate of drug-likeness (QED) is 0.651. The summed E-state index contributed by atoms with van der Waals surface area (Å²) < 4.78 is 10.5. The van der Waals surface area contributed by atoms with Crippen LogP contribution in [0.25, 0.3) is 0 Å². The molecule has 1 amide bonds. The van der Waals surface area contributed by atoms with E-state index < -0.39 is 5.41 Å². The van der Waals surface area contributed by atoms with E-state index in [1.54, 1.807) is 0 Å². The smallest absolute Gasteiger partial charge is 0.228 e. The Morgan fingerprint density at radius 2 is 1.72 bits per heavy atom. The maximum absolute atomic E-state index is 11.9. The molecule has 112 valence electrons. The third-order valence-corrected chi connectivity index (χ3v) is 2.69. The Morgan fingerprint density at radius 1 is 1.17 bits per heavy atom. The van der Waals surface area contributed by atoms with E-state index in [9.17, 15) is 4.79 Å². The lowest BCUT2D eigenvalue weighted by Crippen LogP contribution is -2.43. The predicted octanol–water partition coefficient (Wildman–Crippen LogP) is 2.86. The highest BCUT2D eigenvalue weighted by molar-refractivity contribution is 5.82. The molecule has 0 aromatic heterocycles. The van der Waals surface area contributed by atoms with E-state index >= 15 is 0 Å². The molecule has 0 aliphatic carbocycles. The Kier molecular flexibility index (Phi) is 14.1. The van der Waals surface area contributed by atoms with Gasteiger partial charge < -0.3 is 14.8 Å². The summed E-state index contributed by atoms with van der Waals surface area (Å²) in [5.41, 5.74) is -0.428. The van der Waals surface area contributed by atoms with Gasteiger partial charge in [0, 0.05) is 21.2 Å². The molecule has 0 radical (unpaired) electrons. The van der Waals surface area contributed by atoms with Crippen LogP contribution in [-0.4, -0.2) is 38.9 Å². The van der Waals surface area contributed by atoms with E-state index in [1.807, 2.05) is 41.5 Å². The molecule has 4 nitrogen and oxygen atoms in total. The highest BCUT2D eigenvalue weighted by atomic mass is 16.5. The molecule has 0 heterocycles. The summed E-state index contributed by atoms with van der Waals surface area (Å²) in [4.78, 5) is 11.9. The van der Waals surface area contributed by atoms with Crippen molar-refractivity contribution in [2.45, 2.75) is 48.0 Å². The van der Waals surface area contributed by atoms with Gasteiger partial charge >= 0.3 is 0 Å². The Labute approximate surface area is 114 Å². The number of hydrogen-bond acceptors (Lipinski definition) is 3. The number of rotatable bonds is 9. The van der Waals surface area contributed by atoms with Gasteiger partial charge in [0.2, 0.25) is 5.91 Å². The SMILES string of the molecule is CC.CCOCCNC(=O)C(C)(CC)COCC.[HH]. The molecule has 1 unspecified atom stereocenters. The molecule has 0 aliphatic rings. The van der Waals surface area contributed by atoms with Crippen LogP contribution < -0.4 is 5.32 Å². The van der Waals surface area contributed by atoms with E-state index in [2.05, 4.69) is 5.32 Å². The molecule has 0 fully saturated rings. The van der Waals surface area contributed by atoms with Crippen molar-refractivity contribution in [3.63, 3.8) is 0 Å². The van der Waals surface area contributed by atoms with Crippen molar-refractivity contribution in [1.29, 1.82) is 0 Å². The standard InChI is InChI=1S/C12H25NO3.C2H6.H2/c1-5-12(4,10-16-7-3)11(14)13-8-9-15-6-2;1-2;/h5-10H2,1-4H3,(H,13,14);1-2H3;1H. The minimum Gasteiger partial charge on any atom is -0.381 e. The summed E-state index contributed by atoms with van der Waals surface area (Å²) in [6, 6.07) is 0. The second-order valence-corrected chi connectivity index (χ2v) is 4.00. The monoisotopic (exact) mass is 263 g/mol. The lowest BCUT2D eigenvalue weighted by Gasteiger charge is -2.26. The van der Waals surface area contributed by atoms with Crippen molar-refractivity contribution in [2.75, 3.05) is 33.0 Å². The molecule has 18 heavy (non-hydrogen) atoms. The zero-order valence-electron chi connectivity index (χ0n) is 13.0. The van der Waals surface area contributed by atoms with E-state index in [4.69, 9.17) is 9.47 Å². The number of amides is 1. The molecular formula is C14H33NO3. The Bertz CT molecular complexity index is 203. The summed E-state index contributed by atoms with van der Waals surface area (Å²) in [5, 5.41) is 2.87. The molecule has 0 bridgehead atoms. The third-order valence-electron chi connectivity index (χ3n) is 2.69. The van der Waals surface area contributed by atoms with Gasteiger partial charge in [0.25, 0.3) is 0 Å². The lowest BCUT2D eigenvalue weighted by molar-refractivity contribution is -0.134. The van der Waals surface area contributed by atoms with Crippen LogP contribution in [0, 0.1) is 5.41 Å². The number of hydrogen-bond donors (Lipinski definition) is 1. The lowest BCUT2D eigenvalue weighted by atomic mass is 9.87. The number of nitrogens with one attached hydrogen (secondary N) is 1. The van der Waals surface area contributed by atoms with Gasteiger partial charge in [0.1, 0.15) is 0 Å². The van der Waals surface area contributed by atoms with Crippen molar-refractivity contribution in [2.24, 2.45) is 5.41 Å². The van der Waals surface area contributed by atoms with Crippen molar-refractivity contribution < 1.29 is 15.7 Å². The number of carbonyl (C=O) groups is 1. The first-order chi connectivity index (χ1) is 8.60. The first-order valence-electron chi connectivity index (χ1n) is 7.04. The molecule has 4 heteroatoms. The second-order valence-electron chi connectivity index (χ2n) is 4.00. The van der Waals surface area contributed by atoms with Crippen molar-refractivity contribution in [3.05, 3.63) is 0 Å². The zero-order chi connectivity index (χ0) is 14.4. The highest BCUT2D eigenvalue weighted by Crippen LogP contribution is 2.21. The molecule has 1 atom stereocenters. The number of ether oxygens (including phenoxy) is 2. The van der Waals surface area contributed by atoms with E-state index in [0.29, 0.717) is 33.0 Å². The average molecular weight is 263 g/mol. The molecule has 0 aromatic carbocycles. The normalized spacial score (nSPS) is 13.2. The molecule has 0 saturated carbocycles. The van der Waals surface area contributed by atoms with Crippen LogP contribution in [0.1, 0.15) is 49.4 Å². The minimum atomic E-state index is -0.428. The van der Waals surface area contributed by atoms with Crippen molar-refractivity contribution >= 4 is 5.91 Å². The first kappa shape index (κ1) is 19.7. The van der Waals surface area contributed by atoms with Gasteiger partial charge in [-0.25, -0.2) is 0 Å². The van der Waals surface area contributed by atoms with Crippen LogP contribution in [0.4, 0.5) is 0 Å². The Morgan fingerprint density at radius 3 is 2.17 bits per heavy atom. The minimum absolute atomic E-state index is 0. The van der Waals surface area contributed by atoms with Gasteiger partial charge in [-0.2, -0.15) is 0 Å². The summed E-state index contributed by atoms with van der Waals surface area (Å²) in [7, 11) is 0. The molecule has 0 rings (SSSR count). The van der Waals surface area contributed by atoms with Crippen LogP contribution in [0.3, 0.4) is 0 Å². The second kappa shape index (κ2) is 12.8. The van der Waals surface area contributed by atoms with E-state index in [1.165, 1.54) is 0 Å². The molecule has 0 saturated heterocycles. The first-order valence-corrected chi connectivity index (χ1v) is 7.04. The van der Waals surface area contributed by atoms with Crippen LogP contribution in [0.2, 0.25) is 0 Å². The van der Waals surface area contributed by atoms with Gasteiger partial charge in [0.15, 0.2) is 0 Å². The molecule has 1 N–H and O–H groups in total. The fourth-order valence-corrected chi connectivity index (χ4v) is 1.25. The van der Waals surface area contributed by atoms with Crippen molar-refractivity contribution in [1.82, 2.24) is 5.32 Å². The van der Waals surface area contributed by atoms with E-state index in [0.717, 1.165) is 6.42 Å².